The number of hydrogen-bond donors (Lipinski definition) is 0. The molecule has 59 heavy (non-hydrogen) atoms. The van der Waals surface area contributed by atoms with Gasteiger partial charge in [-0.1, -0.05) is 146 Å². The Morgan fingerprint density at radius 3 is 1.54 bits per heavy atom. The lowest BCUT2D eigenvalue weighted by molar-refractivity contribution is 0.766. The third kappa shape index (κ3) is 5.57. The fourth-order valence-corrected chi connectivity index (χ4v) is 9.00. The molecule has 0 unspecified atom stereocenters. The van der Waals surface area contributed by atoms with Crippen LogP contribution < -0.4 is 0 Å². The van der Waals surface area contributed by atoms with Gasteiger partial charge in [0.2, 0.25) is 0 Å². The van der Waals surface area contributed by atoms with Gasteiger partial charge in [-0.15, -0.1) is 10.2 Å². The van der Waals surface area contributed by atoms with Crippen LogP contribution in [0.3, 0.4) is 0 Å². The lowest BCUT2D eigenvalue weighted by Gasteiger charge is -2.19. The number of para-hydroxylation sites is 1. The lowest BCUT2D eigenvalue weighted by Crippen LogP contribution is -1.98. The van der Waals surface area contributed by atoms with Crippen LogP contribution in [-0.2, 0) is 0 Å². The van der Waals surface area contributed by atoms with E-state index in [9.17, 15) is 0 Å². The van der Waals surface area contributed by atoms with Crippen molar-refractivity contribution in [2.75, 3.05) is 0 Å². The molecule has 12 rings (SSSR count). The second-order valence-corrected chi connectivity index (χ2v) is 15.3. The maximum atomic E-state index is 4.99. The van der Waals surface area contributed by atoms with E-state index < -0.39 is 0 Å². The molecule has 4 nitrogen and oxygen atoms in total. The smallest absolute Gasteiger partial charge is 0.114 e. The molecule has 0 atom stereocenters. The number of benzene rings is 10. The maximum Gasteiger partial charge on any atom is 0.114 e. The van der Waals surface area contributed by atoms with Crippen LogP contribution in [0.5, 0.6) is 0 Å². The highest BCUT2D eigenvalue weighted by Crippen LogP contribution is 2.46. The summed E-state index contributed by atoms with van der Waals surface area (Å²) in [4.78, 5) is 6.28. The van der Waals surface area contributed by atoms with E-state index >= 15 is 0 Å². The van der Waals surface area contributed by atoms with Gasteiger partial charge in [-0.2, -0.15) is 4.80 Å². The van der Waals surface area contributed by atoms with Crippen molar-refractivity contribution >= 4 is 65.0 Å². The highest BCUT2D eigenvalue weighted by molar-refractivity contribution is 6.22. The Balaban J connectivity index is 1.01. The van der Waals surface area contributed by atoms with E-state index in [0.717, 1.165) is 49.9 Å². The molecule has 0 aliphatic rings. The first kappa shape index (κ1) is 33.2. The maximum absolute atomic E-state index is 4.99. The number of rotatable bonds is 5. The van der Waals surface area contributed by atoms with Crippen LogP contribution in [0.25, 0.3) is 115 Å². The van der Waals surface area contributed by atoms with Gasteiger partial charge in [0.15, 0.2) is 0 Å². The molecule has 4 heteroatoms. The van der Waals surface area contributed by atoms with Gasteiger partial charge >= 0.3 is 0 Å². The van der Waals surface area contributed by atoms with Gasteiger partial charge in [-0.25, -0.2) is 0 Å². The monoisotopic (exact) mass is 750 g/mol. The molecule has 0 spiro atoms. The SMILES string of the molecule is c1ccc2cc(-c3c4ccccc4c(-c4ccc5ccccc5c4)c4cc(-c5ccc6nn(-c7ccc(-c8ccnc9ccccc89)cc7)nc6c5)ccc34)ccc2c1. The van der Waals surface area contributed by atoms with Crippen LogP contribution in [0.2, 0.25) is 0 Å². The number of aromatic nitrogens is 4. The van der Waals surface area contributed by atoms with Crippen molar-refractivity contribution in [3.8, 4) is 50.2 Å². The molecule has 0 radical (unpaired) electrons. The first-order valence-electron chi connectivity index (χ1n) is 20.0. The van der Waals surface area contributed by atoms with E-state index in [1.807, 2.05) is 18.3 Å². The molecule has 0 saturated heterocycles. The number of hydrogen-bond acceptors (Lipinski definition) is 3. The Morgan fingerprint density at radius 2 is 0.831 bits per heavy atom. The Bertz CT molecular complexity index is 3610. The summed E-state index contributed by atoms with van der Waals surface area (Å²) in [5.74, 6) is 0. The van der Waals surface area contributed by atoms with E-state index in [0.29, 0.717) is 0 Å². The number of pyridine rings is 1. The van der Waals surface area contributed by atoms with Crippen molar-refractivity contribution in [2.45, 2.75) is 0 Å². The Morgan fingerprint density at radius 1 is 0.305 bits per heavy atom. The van der Waals surface area contributed by atoms with Crippen molar-refractivity contribution in [1.29, 1.82) is 0 Å². The zero-order valence-corrected chi connectivity index (χ0v) is 31.9. The first-order valence-corrected chi connectivity index (χ1v) is 20.0. The Kier molecular flexibility index (Phi) is 7.50. The van der Waals surface area contributed by atoms with Gasteiger partial charge in [0, 0.05) is 11.6 Å². The van der Waals surface area contributed by atoms with Crippen LogP contribution in [0, 0.1) is 0 Å². The van der Waals surface area contributed by atoms with E-state index in [1.165, 1.54) is 65.3 Å². The van der Waals surface area contributed by atoms with Crippen LogP contribution >= 0.6 is 0 Å². The van der Waals surface area contributed by atoms with Gasteiger partial charge in [0.25, 0.3) is 0 Å². The second kappa shape index (κ2) is 13.3. The molecule has 0 saturated carbocycles. The fourth-order valence-electron chi connectivity index (χ4n) is 9.00. The predicted octanol–water partition coefficient (Wildman–Crippen LogP) is 14.2. The molecule has 0 bridgehead atoms. The van der Waals surface area contributed by atoms with Gasteiger partial charge < -0.3 is 0 Å². The quantitative estimate of drug-likeness (QED) is 0.165. The third-order valence-corrected chi connectivity index (χ3v) is 11.9. The van der Waals surface area contributed by atoms with Crippen LogP contribution in [0.1, 0.15) is 0 Å². The zero-order chi connectivity index (χ0) is 38.9. The average molecular weight is 751 g/mol. The van der Waals surface area contributed by atoms with Gasteiger partial charge in [-0.05, 0) is 142 Å². The van der Waals surface area contributed by atoms with Crippen molar-refractivity contribution in [1.82, 2.24) is 20.0 Å². The van der Waals surface area contributed by atoms with Crippen molar-refractivity contribution in [2.24, 2.45) is 0 Å². The lowest BCUT2D eigenvalue weighted by atomic mass is 9.84. The van der Waals surface area contributed by atoms with Crippen molar-refractivity contribution < 1.29 is 0 Å². The molecule has 0 aliphatic carbocycles. The van der Waals surface area contributed by atoms with E-state index in [4.69, 9.17) is 10.2 Å². The van der Waals surface area contributed by atoms with E-state index in [-0.39, 0.29) is 0 Å². The minimum atomic E-state index is 0.844. The molecular weight excluding hydrogens is 717 g/mol. The summed E-state index contributed by atoms with van der Waals surface area (Å²) in [7, 11) is 0. The summed E-state index contributed by atoms with van der Waals surface area (Å²) in [6.45, 7) is 0. The molecule has 2 aromatic heterocycles. The largest absolute Gasteiger partial charge is 0.256 e. The Labute approximate surface area is 340 Å². The van der Waals surface area contributed by atoms with Gasteiger partial charge in [0.05, 0.1) is 11.2 Å². The number of fused-ring (bicyclic) bond motifs is 6. The first-order chi connectivity index (χ1) is 29.2. The van der Waals surface area contributed by atoms with Crippen molar-refractivity contribution in [3.63, 3.8) is 0 Å². The normalized spacial score (nSPS) is 11.7. The minimum absolute atomic E-state index is 0.844. The molecule has 10 aromatic carbocycles. The Hall–Kier alpha value is -7.95. The summed E-state index contributed by atoms with van der Waals surface area (Å²) in [6, 6.07) is 72.0. The summed E-state index contributed by atoms with van der Waals surface area (Å²) in [5.41, 5.74) is 13.0. The standard InChI is InChI=1S/C55H34N4/c1-3-11-38-31-42(19-17-35(38)9-1)54-47-14-5-6-15-48(47)55(43-20-18-36-10-2-4-12-39(36)32-43)50-33-40(23-27-49(50)54)41-24-28-52-53(34-41)58-59(57-52)44-25-21-37(22-26-44)45-29-30-56-51-16-8-7-13-46(45)51/h1-34H. The average Bonchev–Trinajstić information content (AvgIpc) is 3.74. The topological polar surface area (TPSA) is 43.6 Å². The highest BCUT2D eigenvalue weighted by Gasteiger charge is 2.19. The van der Waals surface area contributed by atoms with E-state index in [1.54, 1.807) is 4.80 Å². The second-order valence-electron chi connectivity index (χ2n) is 15.3. The summed E-state index contributed by atoms with van der Waals surface area (Å²) in [5, 5.41) is 20.9. The third-order valence-electron chi connectivity index (χ3n) is 11.9. The van der Waals surface area contributed by atoms with Gasteiger partial charge in [0.1, 0.15) is 11.0 Å². The molecule has 0 N–H and O–H groups in total. The molecule has 0 fully saturated rings. The molecular formula is C55H34N4. The predicted molar refractivity (Wildman–Crippen MR) is 246 cm³/mol. The molecule has 274 valence electrons. The summed E-state index contributed by atoms with van der Waals surface area (Å²) in [6.07, 6.45) is 1.87. The highest BCUT2D eigenvalue weighted by atomic mass is 15.5. The molecule has 2 heterocycles. The van der Waals surface area contributed by atoms with Crippen LogP contribution in [-0.4, -0.2) is 20.0 Å². The number of nitrogens with zero attached hydrogens (tertiary/aromatic N) is 4. The van der Waals surface area contributed by atoms with Gasteiger partial charge in [-0.3, -0.25) is 4.98 Å². The molecule has 0 aliphatic heterocycles. The summed E-state index contributed by atoms with van der Waals surface area (Å²) < 4.78 is 0. The van der Waals surface area contributed by atoms with Crippen LogP contribution in [0.15, 0.2) is 206 Å². The van der Waals surface area contributed by atoms with E-state index in [2.05, 4.69) is 193 Å². The molecule has 0 amide bonds. The fraction of sp³-hybridized carbons (Fsp3) is 0. The summed E-state index contributed by atoms with van der Waals surface area (Å²) >= 11 is 0. The molecule has 12 aromatic rings. The van der Waals surface area contributed by atoms with Crippen LogP contribution in [0.4, 0.5) is 0 Å². The zero-order valence-electron chi connectivity index (χ0n) is 31.9. The van der Waals surface area contributed by atoms with Crippen molar-refractivity contribution in [3.05, 3.63) is 206 Å². The minimum Gasteiger partial charge on any atom is -0.256 e.